The normalized spacial score (nSPS) is 11.0. The lowest BCUT2D eigenvalue weighted by Crippen LogP contribution is -2.14. The molecule has 0 N–H and O–H groups in total. The van der Waals surface area contributed by atoms with Gasteiger partial charge in [0, 0.05) is 17.0 Å². The van der Waals surface area contributed by atoms with Gasteiger partial charge in [-0.1, -0.05) is 127 Å². The summed E-state index contributed by atoms with van der Waals surface area (Å²) in [5, 5.41) is 4.88. The Kier molecular flexibility index (Phi) is 15.7. The third kappa shape index (κ3) is 11.6. The molecule has 0 spiro atoms. The number of aryl methyl sites for hydroxylation is 1. The Morgan fingerprint density at radius 1 is 0.921 bits per heavy atom. The first-order valence-corrected chi connectivity index (χ1v) is 15.0. The number of aromatic nitrogens is 2. The van der Waals surface area contributed by atoms with Crippen molar-refractivity contribution in [3.05, 3.63) is 58.8 Å². The summed E-state index contributed by atoms with van der Waals surface area (Å²) >= 11 is 6.08. The third-order valence-corrected chi connectivity index (χ3v) is 7.13. The van der Waals surface area contributed by atoms with Crippen molar-refractivity contribution in [2.24, 2.45) is 0 Å². The molecule has 6 heteroatoms. The molecule has 0 aliphatic rings. The van der Waals surface area contributed by atoms with E-state index in [0.29, 0.717) is 34.8 Å². The van der Waals surface area contributed by atoms with Crippen LogP contribution in [0.5, 0.6) is 5.88 Å². The molecule has 0 fully saturated rings. The van der Waals surface area contributed by atoms with E-state index in [0.717, 1.165) is 19.3 Å². The van der Waals surface area contributed by atoms with Gasteiger partial charge in [-0.25, -0.2) is 4.68 Å². The summed E-state index contributed by atoms with van der Waals surface area (Å²) in [5.41, 5.74) is 1.23. The molecule has 0 aliphatic carbocycles. The van der Waals surface area contributed by atoms with Gasteiger partial charge in [0.25, 0.3) is 0 Å². The zero-order chi connectivity index (χ0) is 27.6. The molecule has 38 heavy (non-hydrogen) atoms. The number of carbonyl (C=O) groups excluding carboxylic acids is 2. The highest BCUT2D eigenvalue weighted by Gasteiger charge is 2.25. The highest BCUT2D eigenvalue weighted by molar-refractivity contribution is 6.31. The molecule has 5 nitrogen and oxygen atoms in total. The molecular formula is C32H47ClN2O3. The van der Waals surface area contributed by atoms with Crippen LogP contribution in [0, 0.1) is 6.92 Å². The zero-order valence-electron chi connectivity index (χ0n) is 23.6. The molecule has 1 aromatic carbocycles. The number of benzene rings is 1. The first kappa shape index (κ1) is 31.8. The van der Waals surface area contributed by atoms with E-state index in [9.17, 15) is 9.59 Å². The van der Waals surface area contributed by atoms with Crippen molar-refractivity contribution in [1.29, 1.82) is 0 Å². The van der Waals surface area contributed by atoms with Crippen LogP contribution >= 0.6 is 11.6 Å². The molecule has 0 unspecified atom stereocenters. The molecule has 2 aromatic rings. The molecule has 0 aliphatic heterocycles. The van der Waals surface area contributed by atoms with Crippen LogP contribution in [-0.4, -0.2) is 21.5 Å². The third-order valence-electron chi connectivity index (χ3n) is 6.89. The summed E-state index contributed by atoms with van der Waals surface area (Å²) in [6, 6.07) is 6.74. The summed E-state index contributed by atoms with van der Waals surface area (Å²) in [7, 11) is 0. The van der Waals surface area contributed by atoms with E-state index in [-0.39, 0.29) is 17.6 Å². The van der Waals surface area contributed by atoms with Crippen molar-refractivity contribution in [2.45, 2.75) is 123 Å². The predicted octanol–water partition coefficient (Wildman–Crippen LogP) is 9.43. The minimum Gasteiger partial charge on any atom is -0.407 e. The number of halogens is 1. The lowest BCUT2D eigenvalue weighted by molar-refractivity contribution is -0.135. The molecule has 210 valence electrons. The van der Waals surface area contributed by atoms with Crippen LogP contribution in [0.3, 0.4) is 0 Å². The van der Waals surface area contributed by atoms with Crippen molar-refractivity contribution >= 4 is 23.4 Å². The number of ketones is 1. The maximum Gasteiger partial charge on any atom is 0.312 e. The van der Waals surface area contributed by atoms with Gasteiger partial charge in [0.1, 0.15) is 5.56 Å². The van der Waals surface area contributed by atoms with Gasteiger partial charge < -0.3 is 4.74 Å². The fraction of sp³-hybridized carbons (Fsp3) is 0.594. The smallest absolute Gasteiger partial charge is 0.312 e. The van der Waals surface area contributed by atoms with Crippen LogP contribution < -0.4 is 4.74 Å². The number of ether oxygens (including phenoxy) is 1. The molecule has 1 heterocycles. The average Bonchev–Trinajstić information content (AvgIpc) is 3.20. The number of unbranched alkanes of at least 4 members (excludes halogenated alkanes) is 14. The fourth-order valence-electron chi connectivity index (χ4n) is 4.75. The van der Waals surface area contributed by atoms with Crippen LogP contribution in [0.25, 0.3) is 0 Å². The van der Waals surface area contributed by atoms with Crippen LogP contribution in [0.1, 0.15) is 131 Å². The van der Waals surface area contributed by atoms with E-state index in [1.165, 1.54) is 81.7 Å². The van der Waals surface area contributed by atoms with Gasteiger partial charge in [0.05, 0.1) is 12.2 Å². The van der Waals surface area contributed by atoms with Crippen molar-refractivity contribution < 1.29 is 14.3 Å². The van der Waals surface area contributed by atoms with E-state index in [1.54, 1.807) is 37.3 Å². The minimum absolute atomic E-state index is 0.179. The highest BCUT2D eigenvalue weighted by atomic mass is 35.5. The average molecular weight is 543 g/mol. The summed E-state index contributed by atoms with van der Waals surface area (Å²) in [6.45, 7) is 8.09. The summed E-state index contributed by atoms with van der Waals surface area (Å²) in [6.07, 6.45) is 21.1. The number of rotatable bonds is 21. The first-order valence-electron chi connectivity index (χ1n) is 14.7. The fourth-order valence-corrected chi connectivity index (χ4v) is 4.94. The highest BCUT2D eigenvalue weighted by Crippen LogP contribution is 2.27. The topological polar surface area (TPSA) is 61.2 Å². The Morgan fingerprint density at radius 2 is 1.47 bits per heavy atom. The molecule has 0 amide bonds. The maximum absolute atomic E-state index is 13.2. The monoisotopic (exact) mass is 542 g/mol. The first-order chi connectivity index (χ1) is 18.5. The van der Waals surface area contributed by atoms with E-state index >= 15 is 0 Å². The largest absolute Gasteiger partial charge is 0.407 e. The molecule has 2 rings (SSSR count). The molecule has 0 saturated carbocycles. The van der Waals surface area contributed by atoms with E-state index in [1.807, 2.05) is 0 Å². The Balaban J connectivity index is 1.69. The Morgan fingerprint density at radius 3 is 2.00 bits per heavy atom. The van der Waals surface area contributed by atoms with E-state index < -0.39 is 0 Å². The minimum atomic E-state index is -0.343. The van der Waals surface area contributed by atoms with Gasteiger partial charge in [0.15, 0.2) is 5.78 Å². The van der Waals surface area contributed by atoms with Crippen LogP contribution in [0.4, 0.5) is 0 Å². The quantitative estimate of drug-likeness (QED) is 0.0681. The van der Waals surface area contributed by atoms with Crippen molar-refractivity contribution in [3.8, 4) is 5.88 Å². The van der Waals surface area contributed by atoms with Gasteiger partial charge in [-0.2, -0.15) is 5.10 Å². The zero-order valence-corrected chi connectivity index (χ0v) is 24.4. The Hall–Kier alpha value is -2.40. The second-order valence-corrected chi connectivity index (χ2v) is 10.7. The maximum atomic E-state index is 13.2. The Bertz CT molecular complexity index is 999. The SMILES string of the molecule is C=CCn1nc(C)c(C(=O)c2cccc(Cl)c2)c1OC(=O)CCCCCCCCCCCCCCCCC. The summed E-state index contributed by atoms with van der Waals surface area (Å²) in [4.78, 5) is 25.9. The van der Waals surface area contributed by atoms with Crippen molar-refractivity contribution in [1.82, 2.24) is 9.78 Å². The number of nitrogens with zero attached hydrogens (tertiary/aromatic N) is 2. The molecule has 1 aromatic heterocycles. The number of esters is 1. The predicted molar refractivity (Wildman–Crippen MR) is 157 cm³/mol. The second-order valence-electron chi connectivity index (χ2n) is 10.2. The van der Waals surface area contributed by atoms with Crippen LogP contribution in [0.2, 0.25) is 5.02 Å². The number of allylic oxidation sites excluding steroid dienone is 1. The molecule has 0 saturated heterocycles. The van der Waals surface area contributed by atoms with Crippen LogP contribution in [-0.2, 0) is 11.3 Å². The molecule has 0 bridgehead atoms. The molecule has 0 radical (unpaired) electrons. The van der Waals surface area contributed by atoms with Gasteiger partial charge in [-0.05, 0) is 25.5 Å². The van der Waals surface area contributed by atoms with Gasteiger partial charge in [-0.15, -0.1) is 6.58 Å². The second kappa shape index (κ2) is 18.8. The van der Waals surface area contributed by atoms with Gasteiger partial charge in [-0.3, -0.25) is 9.59 Å². The standard InChI is InChI=1S/C32H47ClN2O3/c1-4-6-7-8-9-10-11-12-13-14-15-16-17-18-19-23-29(36)38-32-30(26(3)34-35(32)24-5-2)31(37)27-21-20-22-28(33)25-27/h5,20-22,25H,2,4,6-19,23-24H2,1,3H3. The lowest BCUT2D eigenvalue weighted by Gasteiger charge is -2.09. The number of hydrogen-bond acceptors (Lipinski definition) is 4. The van der Waals surface area contributed by atoms with Crippen LogP contribution in [0.15, 0.2) is 36.9 Å². The lowest BCUT2D eigenvalue weighted by atomic mass is 10.0. The van der Waals surface area contributed by atoms with E-state index in [2.05, 4.69) is 18.6 Å². The van der Waals surface area contributed by atoms with Crippen molar-refractivity contribution in [3.63, 3.8) is 0 Å². The number of carbonyl (C=O) groups is 2. The molecular weight excluding hydrogens is 496 g/mol. The summed E-state index contributed by atoms with van der Waals surface area (Å²) in [5.74, 6) is -0.432. The van der Waals surface area contributed by atoms with Gasteiger partial charge in [0.2, 0.25) is 5.88 Å². The summed E-state index contributed by atoms with van der Waals surface area (Å²) < 4.78 is 7.22. The Labute approximate surface area is 235 Å². The van der Waals surface area contributed by atoms with Gasteiger partial charge >= 0.3 is 5.97 Å². The van der Waals surface area contributed by atoms with Crippen molar-refractivity contribution in [2.75, 3.05) is 0 Å². The number of hydrogen-bond donors (Lipinski definition) is 0. The molecule has 0 atom stereocenters. The van der Waals surface area contributed by atoms with E-state index in [4.69, 9.17) is 16.3 Å².